The molecule has 2 unspecified atom stereocenters. The Balaban J connectivity index is 1.41. The molecule has 4 rings (SSSR count). The normalized spacial score (nSPS) is 20.2. The molecular formula is C25H26Cl2F3N3O3. The number of aliphatic hydroxyl groups is 1. The first-order valence-electron chi connectivity index (χ1n) is 11.4. The van der Waals surface area contributed by atoms with Crippen molar-refractivity contribution in [3.05, 3.63) is 63.6 Å². The first-order valence-corrected chi connectivity index (χ1v) is 12.2. The quantitative estimate of drug-likeness (QED) is 0.605. The fraction of sp³-hybridized carbons (Fsp3) is 0.440. The fourth-order valence-electron chi connectivity index (χ4n) is 4.84. The van der Waals surface area contributed by atoms with Gasteiger partial charge in [-0.3, -0.25) is 9.59 Å². The van der Waals surface area contributed by atoms with Crippen molar-refractivity contribution in [2.24, 2.45) is 11.8 Å². The van der Waals surface area contributed by atoms with E-state index >= 15 is 0 Å². The summed E-state index contributed by atoms with van der Waals surface area (Å²) in [6.07, 6.45) is -4.66. The van der Waals surface area contributed by atoms with Gasteiger partial charge in [-0.15, -0.1) is 0 Å². The Labute approximate surface area is 217 Å². The highest BCUT2D eigenvalue weighted by Crippen LogP contribution is 2.43. The number of halogens is 5. The van der Waals surface area contributed by atoms with Gasteiger partial charge in [-0.05, 0) is 48.6 Å². The first-order chi connectivity index (χ1) is 16.8. The SMILES string of the molecule is CN(C)C(=O)c1ccc(N2CC(C3CCN(C(=O)C(O)(c4cccc(Cl)c4)C(F)(F)F)C3)C2)cc1Cl. The average Bonchev–Trinajstić information content (AvgIpc) is 3.25. The minimum atomic E-state index is -5.21. The number of alkyl halides is 3. The summed E-state index contributed by atoms with van der Waals surface area (Å²) >= 11 is 12.1. The van der Waals surface area contributed by atoms with Crippen LogP contribution in [0.3, 0.4) is 0 Å². The molecule has 0 spiro atoms. The molecule has 2 saturated heterocycles. The molecule has 2 aromatic rings. The van der Waals surface area contributed by atoms with Crippen molar-refractivity contribution < 1.29 is 27.9 Å². The lowest BCUT2D eigenvalue weighted by Crippen LogP contribution is -2.56. The highest BCUT2D eigenvalue weighted by atomic mass is 35.5. The average molecular weight is 544 g/mol. The maximum absolute atomic E-state index is 14.0. The number of amides is 2. The molecule has 194 valence electrons. The van der Waals surface area contributed by atoms with Crippen LogP contribution in [0.1, 0.15) is 22.3 Å². The van der Waals surface area contributed by atoms with E-state index in [1.54, 1.807) is 26.2 Å². The van der Waals surface area contributed by atoms with Crippen LogP contribution < -0.4 is 4.90 Å². The molecule has 0 aromatic heterocycles. The molecule has 2 aliphatic heterocycles. The molecule has 6 nitrogen and oxygen atoms in total. The van der Waals surface area contributed by atoms with Gasteiger partial charge >= 0.3 is 6.18 Å². The number of likely N-dealkylation sites (tertiary alicyclic amines) is 1. The van der Waals surface area contributed by atoms with Gasteiger partial charge in [0.25, 0.3) is 17.4 Å². The Kier molecular flexibility index (Phi) is 7.20. The van der Waals surface area contributed by atoms with Crippen molar-refractivity contribution in [2.75, 3.05) is 45.2 Å². The number of carbonyl (C=O) groups is 2. The molecule has 11 heteroatoms. The van der Waals surface area contributed by atoms with Crippen molar-refractivity contribution in [2.45, 2.75) is 18.2 Å². The zero-order valence-electron chi connectivity index (χ0n) is 19.7. The van der Waals surface area contributed by atoms with Gasteiger partial charge < -0.3 is 19.8 Å². The largest absolute Gasteiger partial charge is 0.430 e. The van der Waals surface area contributed by atoms with E-state index in [9.17, 15) is 27.9 Å². The number of rotatable bonds is 5. The van der Waals surface area contributed by atoms with Gasteiger partial charge in [0.05, 0.1) is 10.6 Å². The molecule has 2 aliphatic rings. The summed E-state index contributed by atoms with van der Waals surface area (Å²) < 4.78 is 41.9. The Morgan fingerprint density at radius 1 is 1.03 bits per heavy atom. The number of anilines is 1. The number of hydrogen-bond acceptors (Lipinski definition) is 4. The third kappa shape index (κ3) is 4.76. The van der Waals surface area contributed by atoms with E-state index in [2.05, 4.69) is 4.90 Å². The standard InChI is InChI=1S/C25H26Cl2F3N3O3/c1-31(2)22(34)20-7-6-19(11-21(20)27)33-13-16(14-33)15-8-9-32(12-15)23(35)24(36,25(28,29)30)17-4-3-5-18(26)10-17/h3-7,10-11,15-16,36H,8-9,12-14H2,1-2H3. The summed E-state index contributed by atoms with van der Waals surface area (Å²) in [5.41, 5.74) is -3.01. The highest BCUT2D eigenvalue weighted by molar-refractivity contribution is 6.34. The van der Waals surface area contributed by atoms with Gasteiger partial charge in [0.15, 0.2) is 0 Å². The molecule has 2 heterocycles. The van der Waals surface area contributed by atoms with Crippen LogP contribution in [0, 0.1) is 11.8 Å². The summed E-state index contributed by atoms with van der Waals surface area (Å²) in [5, 5.41) is 11.0. The zero-order chi connectivity index (χ0) is 26.4. The fourth-order valence-corrected chi connectivity index (χ4v) is 5.29. The molecule has 0 radical (unpaired) electrons. The summed E-state index contributed by atoms with van der Waals surface area (Å²) in [6.45, 7) is 1.57. The summed E-state index contributed by atoms with van der Waals surface area (Å²) in [4.78, 5) is 29.8. The predicted molar refractivity (Wildman–Crippen MR) is 131 cm³/mol. The Morgan fingerprint density at radius 2 is 1.72 bits per heavy atom. The van der Waals surface area contributed by atoms with Crippen LogP contribution in [-0.4, -0.2) is 73.2 Å². The highest BCUT2D eigenvalue weighted by Gasteiger charge is 2.62. The Hall–Kier alpha value is -2.49. The molecule has 2 atom stereocenters. The monoisotopic (exact) mass is 543 g/mol. The first kappa shape index (κ1) is 26.6. The van der Waals surface area contributed by atoms with E-state index in [1.807, 2.05) is 6.07 Å². The molecule has 2 amide bonds. The lowest BCUT2D eigenvalue weighted by atomic mass is 9.84. The molecule has 0 saturated carbocycles. The van der Waals surface area contributed by atoms with E-state index < -0.39 is 23.2 Å². The van der Waals surface area contributed by atoms with Crippen LogP contribution in [0.25, 0.3) is 0 Å². The Morgan fingerprint density at radius 3 is 2.31 bits per heavy atom. The summed E-state index contributed by atoms with van der Waals surface area (Å²) in [5.74, 6) is -1.40. The van der Waals surface area contributed by atoms with Crippen LogP contribution in [0.15, 0.2) is 42.5 Å². The van der Waals surface area contributed by atoms with Gasteiger partial charge in [0, 0.05) is 56.5 Å². The maximum atomic E-state index is 14.0. The van der Waals surface area contributed by atoms with Gasteiger partial charge in [-0.1, -0.05) is 35.3 Å². The number of benzene rings is 2. The summed E-state index contributed by atoms with van der Waals surface area (Å²) in [6, 6.07) is 9.89. The molecule has 36 heavy (non-hydrogen) atoms. The van der Waals surface area contributed by atoms with Crippen LogP contribution in [0.4, 0.5) is 18.9 Å². The zero-order valence-corrected chi connectivity index (χ0v) is 21.2. The third-order valence-corrected chi connectivity index (χ3v) is 7.55. The van der Waals surface area contributed by atoms with Gasteiger partial charge in [-0.2, -0.15) is 13.2 Å². The molecule has 0 bridgehead atoms. The minimum absolute atomic E-state index is 0.00366. The Bertz CT molecular complexity index is 1170. The number of nitrogens with zero attached hydrogens (tertiary/aromatic N) is 3. The van der Waals surface area contributed by atoms with E-state index in [4.69, 9.17) is 23.2 Å². The second-order valence-electron chi connectivity index (χ2n) is 9.55. The molecule has 0 aliphatic carbocycles. The maximum Gasteiger partial charge on any atom is 0.430 e. The van der Waals surface area contributed by atoms with E-state index in [-0.39, 0.29) is 35.9 Å². The lowest BCUT2D eigenvalue weighted by Gasteiger charge is -2.44. The van der Waals surface area contributed by atoms with Crippen LogP contribution >= 0.6 is 23.2 Å². The number of hydrogen-bond donors (Lipinski definition) is 1. The second kappa shape index (κ2) is 9.76. The van der Waals surface area contributed by atoms with Crippen LogP contribution in [0.5, 0.6) is 0 Å². The van der Waals surface area contributed by atoms with Crippen molar-refractivity contribution in [1.29, 1.82) is 0 Å². The van der Waals surface area contributed by atoms with Gasteiger partial charge in [0.1, 0.15) is 0 Å². The second-order valence-corrected chi connectivity index (χ2v) is 10.4. The van der Waals surface area contributed by atoms with Gasteiger partial charge in [0.2, 0.25) is 0 Å². The van der Waals surface area contributed by atoms with Crippen molar-refractivity contribution in [3.63, 3.8) is 0 Å². The van der Waals surface area contributed by atoms with Crippen molar-refractivity contribution >= 4 is 40.7 Å². The lowest BCUT2D eigenvalue weighted by molar-refractivity contribution is -0.261. The van der Waals surface area contributed by atoms with Gasteiger partial charge in [-0.25, -0.2) is 0 Å². The summed E-state index contributed by atoms with van der Waals surface area (Å²) in [7, 11) is 3.29. The topological polar surface area (TPSA) is 64.1 Å². The predicted octanol–water partition coefficient (Wildman–Crippen LogP) is 4.43. The molecule has 1 N–H and O–H groups in total. The van der Waals surface area contributed by atoms with Crippen LogP contribution in [0.2, 0.25) is 10.0 Å². The van der Waals surface area contributed by atoms with E-state index in [0.29, 0.717) is 30.1 Å². The van der Waals surface area contributed by atoms with E-state index in [0.717, 1.165) is 22.7 Å². The van der Waals surface area contributed by atoms with E-state index in [1.165, 1.54) is 17.0 Å². The molecule has 2 fully saturated rings. The van der Waals surface area contributed by atoms with Crippen molar-refractivity contribution in [1.82, 2.24) is 9.80 Å². The smallest absolute Gasteiger partial charge is 0.371 e. The minimum Gasteiger partial charge on any atom is -0.371 e. The third-order valence-electron chi connectivity index (χ3n) is 7.00. The molecule has 2 aromatic carbocycles. The van der Waals surface area contributed by atoms with Crippen LogP contribution in [-0.2, 0) is 10.4 Å². The van der Waals surface area contributed by atoms with Crippen molar-refractivity contribution in [3.8, 4) is 0 Å². The number of carbonyl (C=O) groups excluding carboxylic acids is 2. The molecular weight excluding hydrogens is 518 g/mol.